The number of thiazole rings is 1. The van der Waals surface area contributed by atoms with Crippen LogP contribution in [0.2, 0.25) is 0 Å². The molecule has 1 aliphatic rings. The summed E-state index contributed by atoms with van der Waals surface area (Å²) in [7, 11) is 1.74. The largest absolute Gasteiger partial charge is 0.383 e. The summed E-state index contributed by atoms with van der Waals surface area (Å²) in [5.74, 6) is 0. The van der Waals surface area contributed by atoms with E-state index in [0.717, 1.165) is 32.8 Å². The van der Waals surface area contributed by atoms with E-state index >= 15 is 0 Å². The molecule has 2 rings (SSSR count). The zero-order valence-electron chi connectivity index (χ0n) is 13.2. The second kappa shape index (κ2) is 6.87. The number of rotatable bonds is 6. The fourth-order valence-corrected chi connectivity index (χ4v) is 3.76. The molecule has 0 aromatic carbocycles. The van der Waals surface area contributed by atoms with Gasteiger partial charge < -0.3 is 15.0 Å². The summed E-state index contributed by atoms with van der Waals surface area (Å²) in [6.45, 7) is 11.6. The Bertz CT molecular complexity index is 419. The van der Waals surface area contributed by atoms with Crippen LogP contribution in [-0.4, -0.2) is 38.3 Å². The van der Waals surface area contributed by atoms with Crippen LogP contribution < -0.4 is 10.2 Å². The number of methoxy groups -OCH3 is 1. The zero-order valence-corrected chi connectivity index (χ0v) is 14.0. The average Bonchev–Trinajstić information content (AvgIpc) is 3.02. The predicted molar refractivity (Wildman–Crippen MR) is 85.8 cm³/mol. The van der Waals surface area contributed by atoms with Gasteiger partial charge in [-0.3, -0.25) is 0 Å². The molecule has 1 aliphatic heterocycles. The van der Waals surface area contributed by atoms with Crippen molar-refractivity contribution in [2.45, 2.75) is 45.6 Å². The Kier molecular flexibility index (Phi) is 5.41. The third-order valence-electron chi connectivity index (χ3n) is 3.54. The molecule has 4 nitrogen and oxygen atoms in total. The molecule has 0 bridgehead atoms. The van der Waals surface area contributed by atoms with E-state index in [-0.39, 0.29) is 5.41 Å². The van der Waals surface area contributed by atoms with Gasteiger partial charge in [-0.1, -0.05) is 20.8 Å². The van der Waals surface area contributed by atoms with Crippen LogP contribution in [0.25, 0.3) is 0 Å². The maximum atomic E-state index is 5.08. The Morgan fingerprint density at radius 3 is 2.60 bits per heavy atom. The molecule has 0 spiro atoms. The molecular formula is C15H27N3OS. The first-order valence-electron chi connectivity index (χ1n) is 7.47. The predicted octanol–water partition coefficient (Wildman–Crippen LogP) is 2.78. The molecule has 0 amide bonds. The van der Waals surface area contributed by atoms with Gasteiger partial charge in [0, 0.05) is 43.6 Å². The second-order valence-electron chi connectivity index (χ2n) is 6.38. The van der Waals surface area contributed by atoms with Crippen molar-refractivity contribution in [1.82, 2.24) is 10.3 Å². The van der Waals surface area contributed by atoms with Crippen molar-refractivity contribution in [2.75, 3.05) is 38.3 Å². The molecule has 0 unspecified atom stereocenters. The number of ether oxygens (including phenoxy) is 1. The molecule has 1 aromatic heterocycles. The highest BCUT2D eigenvalue weighted by Gasteiger charge is 2.25. The van der Waals surface area contributed by atoms with Gasteiger partial charge in [-0.05, 0) is 12.8 Å². The van der Waals surface area contributed by atoms with Crippen LogP contribution >= 0.6 is 11.3 Å². The lowest BCUT2D eigenvalue weighted by molar-refractivity contribution is 0.199. The molecule has 2 heterocycles. The van der Waals surface area contributed by atoms with Gasteiger partial charge in [0.15, 0.2) is 5.13 Å². The fraction of sp³-hybridized carbons (Fsp3) is 0.800. The van der Waals surface area contributed by atoms with E-state index in [0.29, 0.717) is 0 Å². The standard InChI is InChI=1S/C15H27N3OS/c1-15(2,3)13-12(11-16-7-10-19-4)20-14(17-13)18-8-5-6-9-18/h16H,5-11H2,1-4H3. The highest BCUT2D eigenvalue weighted by atomic mass is 32.1. The summed E-state index contributed by atoms with van der Waals surface area (Å²) in [6.07, 6.45) is 2.59. The van der Waals surface area contributed by atoms with Crippen molar-refractivity contribution in [3.63, 3.8) is 0 Å². The summed E-state index contributed by atoms with van der Waals surface area (Å²) < 4.78 is 5.08. The quantitative estimate of drug-likeness (QED) is 0.819. The summed E-state index contributed by atoms with van der Waals surface area (Å²) in [4.78, 5) is 8.74. The molecule has 5 heteroatoms. The van der Waals surface area contributed by atoms with Crippen LogP contribution in [-0.2, 0) is 16.7 Å². The SMILES string of the molecule is COCCNCc1sc(N2CCCC2)nc1C(C)(C)C. The van der Waals surface area contributed by atoms with Crippen molar-refractivity contribution < 1.29 is 4.74 Å². The van der Waals surface area contributed by atoms with Crippen LogP contribution in [0, 0.1) is 0 Å². The fourth-order valence-electron chi connectivity index (χ4n) is 2.46. The number of aromatic nitrogens is 1. The zero-order chi connectivity index (χ0) is 14.6. The third-order valence-corrected chi connectivity index (χ3v) is 4.66. The van der Waals surface area contributed by atoms with Crippen molar-refractivity contribution in [1.29, 1.82) is 0 Å². The smallest absolute Gasteiger partial charge is 0.185 e. The first-order valence-corrected chi connectivity index (χ1v) is 8.29. The maximum Gasteiger partial charge on any atom is 0.185 e. The molecule has 1 N–H and O–H groups in total. The number of nitrogens with zero attached hydrogens (tertiary/aromatic N) is 2. The molecular weight excluding hydrogens is 270 g/mol. The van der Waals surface area contributed by atoms with Gasteiger partial charge in [0.05, 0.1) is 12.3 Å². The van der Waals surface area contributed by atoms with Gasteiger partial charge in [0.25, 0.3) is 0 Å². The van der Waals surface area contributed by atoms with Gasteiger partial charge in [0.2, 0.25) is 0 Å². The van der Waals surface area contributed by atoms with Crippen LogP contribution in [0.1, 0.15) is 44.2 Å². The Labute approximate surface area is 126 Å². The number of anilines is 1. The molecule has 1 aromatic rings. The van der Waals surface area contributed by atoms with E-state index in [1.807, 2.05) is 11.3 Å². The molecule has 0 saturated carbocycles. The van der Waals surface area contributed by atoms with Crippen LogP contribution in [0.3, 0.4) is 0 Å². The van der Waals surface area contributed by atoms with Crippen LogP contribution in [0.5, 0.6) is 0 Å². The average molecular weight is 297 g/mol. The Hall–Kier alpha value is -0.650. The molecule has 1 saturated heterocycles. The van der Waals surface area contributed by atoms with E-state index < -0.39 is 0 Å². The van der Waals surface area contributed by atoms with E-state index in [1.54, 1.807) is 7.11 Å². The summed E-state index contributed by atoms with van der Waals surface area (Å²) in [5, 5.41) is 4.65. The van der Waals surface area contributed by atoms with E-state index in [9.17, 15) is 0 Å². The topological polar surface area (TPSA) is 37.4 Å². The molecule has 0 radical (unpaired) electrons. The first-order chi connectivity index (χ1) is 9.52. The van der Waals surface area contributed by atoms with Crippen LogP contribution in [0.4, 0.5) is 5.13 Å². The minimum Gasteiger partial charge on any atom is -0.383 e. The second-order valence-corrected chi connectivity index (χ2v) is 7.44. The highest BCUT2D eigenvalue weighted by molar-refractivity contribution is 7.15. The molecule has 0 aliphatic carbocycles. The van der Waals surface area contributed by atoms with Gasteiger partial charge >= 0.3 is 0 Å². The lowest BCUT2D eigenvalue weighted by atomic mass is 9.91. The Morgan fingerprint density at radius 1 is 1.30 bits per heavy atom. The molecule has 20 heavy (non-hydrogen) atoms. The van der Waals surface area contributed by atoms with Gasteiger partial charge in [-0.2, -0.15) is 0 Å². The normalized spacial score (nSPS) is 16.1. The number of nitrogens with one attached hydrogen (secondary N) is 1. The number of hydrogen-bond acceptors (Lipinski definition) is 5. The van der Waals surface area contributed by atoms with Gasteiger partial charge in [0.1, 0.15) is 0 Å². The number of hydrogen-bond donors (Lipinski definition) is 1. The Balaban J connectivity index is 2.10. The molecule has 1 fully saturated rings. The minimum atomic E-state index is 0.104. The van der Waals surface area contributed by atoms with Crippen molar-refractivity contribution in [3.8, 4) is 0 Å². The monoisotopic (exact) mass is 297 g/mol. The van der Waals surface area contributed by atoms with Crippen LogP contribution in [0.15, 0.2) is 0 Å². The van der Waals surface area contributed by atoms with E-state index in [4.69, 9.17) is 9.72 Å². The maximum absolute atomic E-state index is 5.08. The van der Waals surface area contributed by atoms with Gasteiger partial charge in [-0.25, -0.2) is 4.98 Å². The highest BCUT2D eigenvalue weighted by Crippen LogP contribution is 2.34. The molecule has 114 valence electrons. The first kappa shape index (κ1) is 15.7. The van der Waals surface area contributed by atoms with Crippen molar-refractivity contribution >= 4 is 16.5 Å². The summed E-state index contributed by atoms with van der Waals surface area (Å²) in [5.41, 5.74) is 1.35. The van der Waals surface area contributed by atoms with Crippen molar-refractivity contribution in [3.05, 3.63) is 10.6 Å². The lowest BCUT2D eigenvalue weighted by Gasteiger charge is -2.18. The lowest BCUT2D eigenvalue weighted by Crippen LogP contribution is -2.21. The Morgan fingerprint density at radius 2 is 2.00 bits per heavy atom. The summed E-state index contributed by atoms with van der Waals surface area (Å²) in [6, 6.07) is 0. The van der Waals surface area contributed by atoms with Gasteiger partial charge in [-0.15, -0.1) is 11.3 Å². The van der Waals surface area contributed by atoms with E-state index in [2.05, 4.69) is 31.0 Å². The molecule has 0 atom stereocenters. The summed E-state index contributed by atoms with van der Waals surface area (Å²) >= 11 is 1.85. The van der Waals surface area contributed by atoms with Crippen molar-refractivity contribution in [2.24, 2.45) is 0 Å². The minimum absolute atomic E-state index is 0.104. The third kappa shape index (κ3) is 3.93. The van der Waals surface area contributed by atoms with E-state index in [1.165, 1.54) is 28.5 Å².